The molecule has 8 nitrogen and oxygen atoms in total. The smallest absolute Gasteiger partial charge is 0.276 e. The summed E-state index contributed by atoms with van der Waals surface area (Å²) in [6.07, 6.45) is 4.36. The van der Waals surface area contributed by atoms with E-state index in [-0.39, 0.29) is 5.69 Å². The fourth-order valence-corrected chi connectivity index (χ4v) is 4.55. The van der Waals surface area contributed by atoms with Gasteiger partial charge >= 0.3 is 0 Å². The Hall–Kier alpha value is -3.46. The number of carbonyl (C=O) groups excluding carboxylic acids is 1. The molecule has 0 saturated carbocycles. The van der Waals surface area contributed by atoms with Crippen molar-refractivity contribution < 1.29 is 13.2 Å². The van der Waals surface area contributed by atoms with Crippen molar-refractivity contribution in [1.29, 1.82) is 0 Å². The number of amides is 1. The lowest BCUT2D eigenvalue weighted by molar-refractivity contribution is 0.102. The van der Waals surface area contributed by atoms with Crippen molar-refractivity contribution in [3.63, 3.8) is 0 Å². The number of sulfonamides is 1. The van der Waals surface area contributed by atoms with Crippen molar-refractivity contribution >= 4 is 33.1 Å². The Morgan fingerprint density at radius 3 is 2.36 bits per heavy atom. The van der Waals surface area contributed by atoms with Gasteiger partial charge in [0.1, 0.15) is 0 Å². The molecule has 0 unspecified atom stereocenters. The predicted molar refractivity (Wildman–Crippen MR) is 130 cm³/mol. The van der Waals surface area contributed by atoms with Gasteiger partial charge in [0.15, 0.2) is 11.5 Å². The highest BCUT2D eigenvalue weighted by molar-refractivity contribution is 7.92. The molecule has 1 fully saturated rings. The number of nitrogens with one attached hydrogen (secondary N) is 2. The van der Waals surface area contributed by atoms with Crippen LogP contribution in [0.25, 0.3) is 0 Å². The maximum Gasteiger partial charge on any atom is 0.276 e. The summed E-state index contributed by atoms with van der Waals surface area (Å²) < 4.78 is 25.2. The van der Waals surface area contributed by atoms with Crippen molar-refractivity contribution in [3.8, 4) is 0 Å². The zero-order valence-electron chi connectivity index (χ0n) is 18.4. The number of hydrogen-bond donors (Lipinski definition) is 2. The molecule has 1 saturated heterocycles. The van der Waals surface area contributed by atoms with Crippen LogP contribution in [-0.2, 0) is 16.4 Å². The Morgan fingerprint density at radius 2 is 1.70 bits per heavy atom. The molecule has 0 radical (unpaired) electrons. The lowest BCUT2D eigenvalue weighted by atomic mass is 9.90. The van der Waals surface area contributed by atoms with Crippen molar-refractivity contribution in [2.75, 3.05) is 34.3 Å². The molecule has 1 aromatic heterocycles. The molecule has 0 spiro atoms. The van der Waals surface area contributed by atoms with E-state index in [2.05, 4.69) is 49.4 Å². The van der Waals surface area contributed by atoms with E-state index < -0.39 is 15.9 Å². The van der Waals surface area contributed by atoms with E-state index in [1.807, 2.05) is 12.1 Å². The van der Waals surface area contributed by atoms with Gasteiger partial charge in [-0.1, -0.05) is 36.4 Å². The normalized spacial score (nSPS) is 14.6. The highest BCUT2D eigenvalue weighted by Crippen LogP contribution is 2.24. The largest absolute Gasteiger partial charge is 0.355 e. The van der Waals surface area contributed by atoms with E-state index in [0.717, 1.165) is 44.4 Å². The zero-order chi connectivity index (χ0) is 23.3. The van der Waals surface area contributed by atoms with E-state index in [9.17, 15) is 13.2 Å². The summed E-state index contributed by atoms with van der Waals surface area (Å²) in [5.74, 6) is 1.02. The quantitative estimate of drug-likeness (QED) is 0.553. The second-order valence-electron chi connectivity index (χ2n) is 8.31. The predicted octanol–water partition coefficient (Wildman–Crippen LogP) is 3.56. The van der Waals surface area contributed by atoms with E-state index in [4.69, 9.17) is 0 Å². The number of aromatic nitrogens is 2. The Bertz CT molecular complexity index is 1190. The third-order valence-electron chi connectivity index (χ3n) is 5.61. The number of anilines is 3. The minimum Gasteiger partial charge on any atom is -0.355 e. The fourth-order valence-electron chi connectivity index (χ4n) is 4.00. The molecule has 1 amide bonds. The summed E-state index contributed by atoms with van der Waals surface area (Å²) in [7, 11) is -3.40. The molecular formula is C24H27N5O3S. The minimum absolute atomic E-state index is 0.194. The number of rotatable bonds is 7. The first-order chi connectivity index (χ1) is 15.9. The van der Waals surface area contributed by atoms with Gasteiger partial charge in [0.25, 0.3) is 5.91 Å². The lowest BCUT2D eigenvalue weighted by Gasteiger charge is -2.32. The molecule has 2 N–H and O–H groups in total. The van der Waals surface area contributed by atoms with Gasteiger partial charge in [-0.15, -0.1) is 10.2 Å². The molecular weight excluding hydrogens is 438 g/mol. The molecule has 4 rings (SSSR count). The second kappa shape index (κ2) is 9.99. The van der Waals surface area contributed by atoms with Crippen LogP contribution in [0.2, 0.25) is 0 Å². The van der Waals surface area contributed by atoms with Gasteiger partial charge in [-0.25, -0.2) is 8.42 Å². The van der Waals surface area contributed by atoms with Crippen LogP contribution in [0.15, 0.2) is 66.7 Å². The van der Waals surface area contributed by atoms with E-state index in [1.54, 1.807) is 30.3 Å². The fraction of sp³-hybridized carbons (Fsp3) is 0.292. The summed E-state index contributed by atoms with van der Waals surface area (Å²) >= 11 is 0. The summed E-state index contributed by atoms with van der Waals surface area (Å²) in [4.78, 5) is 14.8. The molecule has 0 aliphatic carbocycles. The van der Waals surface area contributed by atoms with Crippen LogP contribution in [0.4, 0.5) is 17.2 Å². The van der Waals surface area contributed by atoms with Crippen LogP contribution in [-0.4, -0.2) is 43.9 Å². The summed E-state index contributed by atoms with van der Waals surface area (Å²) in [5, 5.41) is 11.1. The maximum atomic E-state index is 12.5. The molecule has 2 aromatic carbocycles. The van der Waals surface area contributed by atoms with Crippen molar-refractivity contribution in [3.05, 3.63) is 78.0 Å². The van der Waals surface area contributed by atoms with Crippen LogP contribution in [0.1, 0.15) is 28.9 Å². The molecule has 1 aliphatic heterocycles. The molecule has 0 bridgehead atoms. The molecule has 2 heterocycles. The molecule has 33 heavy (non-hydrogen) atoms. The van der Waals surface area contributed by atoms with Gasteiger partial charge in [0.2, 0.25) is 10.0 Å². The van der Waals surface area contributed by atoms with E-state index >= 15 is 0 Å². The van der Waals surface area contributed by atoms with Crippen LogP contribution < -0.4 is 14.9 Å². The average Bonchev–Trinajstić information content (AvgIpc) is 2.79. The zero-order valence-corrected chi connectivity index (χ0v) is 19.3. The number of nitrogens with zero attached hydrogens (tertiary/aromatic N) is 3. The van der Waals surface area contributed by atoms with Crippen LogP contribution >= 0.6 is 0 Å². The SMILES string of the molecule is CS(=O)(=O)Nc1cccc(NC(=O)c2ccc(N3CCC(Cc4ccccc4)CC3)nn2)c1. The van der Waals surface area contributed by atoms with Crippen molar-refractivity contribution in [1.82, 2.24) is 10.2 Å². The van der Waals surface area contributed by atoms with Gasteiger partial charge < -0.3 is 10.2 Å². The summed E-state index contributed by atoms with van der Waals surface area (Å²) in [5.41, 5.74) is 2.40. The highest BCUT2D eigenvalue weighted by atomic mass is 32.2. The summed E-state index contributed by atoms with van der Waals surface area (Å²) in [6.45, 7) is 1.83. The third kappa shape index (κ3) is 6.52. The monoisotopic (exact) mass is 465 g/mol. The highest BCUT2D eigenvalue weighted by Gasteiger charge is 2.21. The van der Waals surface area contributed by atoms with E-state index in [0.29, 0.717) is 17.3 Å². The van der Waals surface area contributed by atoms with Gasteiger partial charge in [-0.05, 0) is 61.1 Å². The molecule has 3 aromatic rings. The molecule has 0 atom stereocenters. The van der Waals surface area contributed by atoms with E-state index in [1.165, 1.54) is 5.56 Å². The number of hydrogen-bond acceptors (Lipinski definition) is 6. The Kier molecular flexibility index (Phi) is 6.88. The first kappa shape index (κ1) is 22.7. The van der Waals surface area contributed by atoms with Crippen molar-refractivity contribution in [2.24, 2.45) is 5.92 Å². The number of benzene rings is 2. The van der Waals surface area contributed by atoms with Gasteiger partial charge in [-0.2, -0.15) is 0 Å². The summed E-state index contributed by atoms with van der Waals surface area (Å²) in [6, 6.07) is 20.5. The average molecular weight is 466 g/mol. The second-order valence-corrected chi connectivity index (χ2v) is 10.1. The van der Waals surface area contributed by atoms with Crippen LogP contribution in [0.3, 0.4) is 0 Å². The number of piperidine rings is 1. The standard InChI is InChI=1S/C24H27N5O3S/c1-33(31,32)28-21-9-5-8-20(17-21)25-24(30)22-10-11-23(27-26-22)29-14-12-19(13-15-29)16-18-6-3-2-4-7-18/h2-11,17,19,28H,12-16H2,1H3,(H,25,30). The third-order valence-corrected chi connectivity index (χ3v) is 6.22. The Labute approximate surface area is 194 Å². The van der Waals surface area contributed by atoms with Gasteiger partial charge in [0.05, 0.1) is 11.9 Å². The number of carbonyl (C=O) groups is 1. The Balaban J connectivity index is 1.32. The molecule has 172 valence electrons. The Morgan fingerprint density at radius 1 is 0.970 bits per heavy atom. The van der Waals surface area contributed by atoms with Gasteiger partial charge in [0, 0.05) is 18.8 Å². The minimum atomic E-state index is -3.40. The van der Waals surface area contributed by atoms with Crippen LogP contribution in [0, 0.1) is 5.92 Å². The first-order valence-electron chi connectivity index (χ1n) is 10.9. The van der Waals surface area contributed by atoms with Crippen molar-refractivity contribution in [2.45, 2.75) is 19.3 Å². The first-order valence-corrected chi connectivity index (χ1v) is 12.8. The topological polar surface area (TPSA) is 104 Å². The van der Waals surface area contributed by atoms with Gasteiger partial charge in [-0.3, -0.25) is 9.52 Å². The lowest BCUT2D eigenvalue weighted by Crippen LogP contribution is -2.35. The molecule has 9 heteroatoms. The maximum absolute atomic E-state index is 12.5. The van der Waals surface area contributed by atoms with Crippen LogP contribution in [0.5, 0.6) is 0 Å². The molecule has 1 aliphatic rings.